The Hall–Kier alpha value is -1.44. The molecule has 14 heavy (non-hydrogen) atoms. The summed E-state index contributed by atoms with van der Waals surface area (Å²) in [5.74, 6) is 0.495. The Morgan fingerprint density at radius 2 is 2.00 bits per heavy atom. The zero-order chi connectivity index (χ0) is 10.1. The summed E-state index contributed by atoms with van der Waals surface area (Å²) >= 11 is 0. The van der Waals surface area contributed by atoms with Gasteiger partial charge in [-0.1, -0.05) is 19.9 Å². The Morgan fingerprint density at radius 1 is 1.21 bits per heavy atom. The van der Waals surface area contributed by atoms with Gasteiger partial charge in [0, 0.05) is 17.8 Å². The highest BCUT2D eigenvalue weighted by molar-refractivity contribution is 5.83. The molecule has 0 aliphatic rings. The molecule has 2 rings (SSSR count). The average Bonchev–Trinajstić information content (AvgIpc) is 2.18. The highest BCUT2D eigenvalue weighted by Gasteiger charge is 2.07. The lowest BCUT2D eigenvalue weighted by atomic mass is 10.00. The van der Waals surface area contributed by atoms with Gasteiger partial charge in [0.25, 0.3) is 0 Å². The van der Waals surface area contributed by atoms with Crippen LogP contribution in [0.4, 0.5) is 0 Å². The van der Waals surface area contributed by atoms with Crippen molar-refractivity contribution in [3.63, 3.8) is 0 Å². The van der Waals surface area contributed by atoms with E-state index >= 15 is 0 Å². The summed E-state index contributed by atoms with van der Waals surface area (Å²) in [7, 11) is 0. The molecule has 0 aliphatic heterocycles. The molecule has 0 fully saturated rings. The monoisotopic (exact) mass is 186 g/mol. The number of hydrogen-bond acceptors (Lipinski definition) is 2. The van der Waals surface area contributed by atoms with Crippen molar-refractivity contribution >= 4 is 10.9 Å². The van der Waals surface area contributed by atoms with Crippen LogP contribution in [0.2, 0.25) is 0 Å². The van der Waals surface area contributed by atoms with Crippen molar-refractivity contribution in [3.05, 3.63) is 35.8 Å². The van der Waals surface area contributed by atoms with Gasteiger partial charge in [0.05, 0.1) is 11.2 Å². The van der Waals surface area contributed by atoms with Crippen LogP contribution in [0.1, 0.15) is 31.0 Å². The Morgan fingerprint density at radius 3 is 2.71 bits per heavy atom. The first-order valence-electron chi connectivity index (χ1n) is 4.90. The molecule has 2 heterocycles. The maximum Gasteiger partial charge on any atom is 0.0917 e. The third-order valence-corrected chi connectivity index (χ3v) is 2.48. The molecule has 0 radical (unpaired) electrons. The van der Waals surface area contributed by atoms with E-state index in [4.69, 9.17) is 0 Å². The molecule has 0 saturated carbocycles. The quantitative estimate of drug-likeness (QED) is 0.684. The van der Waals surface area contributed by atoms with E-state index in [1.165, 1.54) is 10.9 Å². The smallest absolute Gasteiger partial charge is 0.0917 e. The predicted octanol–water partition coefficient (Wildman–Crippen LogP) is 3.06. The Labute approximate surface area is 84.0 Å². The first-order valence-corrected chi connectivity index (χ1v) is 4.90. The van der Waals surface area contributed by atoms with E-state index in [2.05, 4.69) is 29.9 Å². The summed E-state index contributed by atoms with van der Waals surface area (Å²) in [6.45, 7) is 6.36. The minimum absolute atomic E-state index is 0.495. The maximum absolute atomic E-state index is 4.37. The summed E-state index contributed by atoms with van der Waals surface area (Å²) in [5, 5.41) is 1.23. The molecule has 0 amide bonds. The third kappa shape index (κ3) is 1.37. The van der Waals surface area contributed by atoms with Crippen LogP contribution in [0.25, 0.3) is 10.9 Å². The van der Waals surface area contributed by atoms with E-state index in [1.807, 2.05) is 25.4 Å². The normalized spacial score (nSPS) is 11.1. The van der Waals surface area contributed by atoms with Crippen molar-refractivity contribution in [1.82, 2.24) is 9.97 Å². The Kier molecular flexibility index (Phi) is 2.20. The predicted molar refractivity (Wildman–Crippen MR) is 58.4 cm³/mol. The SMILES string of the molecule is Cc1ncc(C(C)C)c2cccnc12. The van der Waals surface area contributed by atoms with Crippen LogP contribution in [0.5, 0.6) is 0 Å². The van der Waals surface area contributed by atoms with Gasteiger partial charge < -0.3 is 0 Å². The minimum Gasteiger partial charge on any atom is -0.259 e. The fourth-order valence-electron chi connectivity index (χ4n) is 1.68. The number of nitrogens with zero attached hydrogens (tertiary/aromatic N) is 2. The van der Waals surface area contributed by atoms with E-state index in [0.717, 1.165) is 11.2 Å². The molecule has 2 heteroatoms. The van der Waals surface area contributed by atoms with Crippen LogP contribution in [0, 0.1) is 6.92 Å². The van der Waals surface area contributed by atoms with Crippen molar-refractivity contribution in [2.75, 3.05) is 0 Å². The molecule has 2 aromatic heterocycles. The molecule has 0 bridgehead atoms. The second-order valence-electron chi connectivity index (χ2n) is 3.85. The van der Waals surface area contributed by atoms with Crippen LogP contribution in [0.15, 0.2) is 24.5 Å². The number of aromatic nitrogens is 2. The molecular weight excluding hydrogens is 172 g/mol. The second kappa shape index (κ2) is 3.37. The van der Waals surface area contributed by atoms with Gasteiger partial charge in [-0.05, 0) is 24.5 Å². The first-order chi connectivity index (χ1) is 6.70. The lowest BCUT2D eigenvalue weighted by Crippen LogP contribution is -1.95. The number of pyridine rings is 2. The molecule has 0 spiro atoms. The Balaban J connectivity index is 2.82. The lowest BCUT2D eigenvalue weighted by molar-refractivity contribution is 0.866. The number of aryl methyl sites for hydroxylation is 1. The van der Waals surface area contributed by atoms with Gasteiger partial charge in [-0.3, -0.25) is 9.97 Å². The molecule has 72 valence electrons. The molecular formula is C12H14N2. The largest absolute Gasteiger partial charge is 0.259 e. The van der Waals surface area contributed by atoms with Crippen molar-refractivity contribution in [2.45, 2.75) is 26.7 Å². The first kappa shape index (κ1) is 9.13. The standard InChI is InChI=1S/C12H14N2/c1-8(2)11-7-14-9(3)12-10(11)5-4-6-13-12/h4-8H,1-3H3. The zero-order valence-electron chi connectivity index (χ0n) is 8.78. The third-order valence-electron chi connectivity index (χ3n) is 2.48. The van der Waals surface area contributed by atoms with E-state index in [0.29, 0.717) is 5.92 Å². The van der Waals surface area contributed by atoms with Gasteiger partial charge >= 0.3 is 0 Å². The molecule has 0 N–H and O–H groups in total. The number of rotatable bonds is 1. The average molecular weight is 186 g/mol. The fraction of sp³-hybridized carbons (Fsp3) is 0.333. The molecule has 0 unspecified atom stereocenters. The van der Waals surface area contributed by atoms with Gasteiger partial charge in [-0.15, -0.1) is 0 Å². The maximum atomic E-state index is 4.37. The van der Waals surface area contributed by atoms with Crippen molar-refractivity contribution in [2.24, 2.45) is 0 Å². The lowest BCUT2D eigenvalue weighted by Gasteiger charge is -2.09. The number of hydrogen-bond donors (Lipinski definition) is 0. The van der Waals surface area contributed by atoms with Gasteiger partial charge in [-0.25, -0.2) is 0 Å². The van der Waals surface area contributed by atoms with Crippen molar-refractivity contribution in [1.29, 1.82) is 0 Å². The highest BCUT2D eigenvalue weighted by Crippen LogP contribution is 2.24. The van der Waals surface area contributed by atoms with Crippen LogP contribution >= 0.6 is 0 Å². The van der Waals surface area contributed by atoms with E-state index in [1.54, 1.807) is 0 Å². The van der Waals surface area contributed by atoms with Gasteiger partial charge in [0.15, 0.2) is 0 Å². The molecule has 2 aromatic rings. The van der Waals surface area contributed by atoms with Gasteiger partial charge in [0.2, 0.25) is 0 Å². The van der Waals surface area contributed by atoms with Crippen LogP contribution in [-0.2, 0) is 0 Å². The minimum atomic E-state index is 0.495. The van der Waals surface area contributed by atoms with E-state index < -0.39 is 0 Å². The molecule has 0 atom stereocenters. The van der Waals surface area contributed by atoms with Gasteiger partial charge in [-0.2, -0.15) is 0 Å². The highest BCUT2D eigenvalue weighted by atomic mass is 14.7. The second-order valence-corrected chi connectivity index (χ2v) is 3.85. The summed E-state index contributed by atoms with van der Waals surface area (Å²) in [4.78, 5) is 8.73. The summed E-state index contributed by atoms with van der Waals surface area (Å²) in [6.07, 6.45) is 3.78. The van der Waals surface area contributed by atoms with Crippen LogP contribution < -0.4 is 0 Å². The Bertz CT molecular complexity index is 461. The summed E-state index contributed by atoms with van der Waals surface area (Å²) in [6, 6.07) is 4.10. The van der Waals surface area contributed by atoms with Crippen molar-refractivity contribution < 1.29 is 0 Å². The molecule has 0 aliphatic carbocycles. The van der Waals surface area contributed by atoms with E-state index in [9.17, 15) is 0 Å². The zero-order valence-corrected chi connectivity index (χ0v) is 8.78. The van der Waals surface area contributed by atoms with E-state index in [-0.39, 0.29) is 0 Å². The topological polar surface area (TPSA) is 25.8 Å². The molecule has 2 nitrogen and oxygen atoms in total. The summed E-state index contributed by atoms with van der Waals surface area (Å²) in [5.41, 5.74) is 3.31. The summed E-state index contributed by atoms with van der Waals surface area (Å²) < 4.78 is 0. The van der Waals surface area contributed by atoms with Crippen LogP contribution in [0.3, 0.4) is 0 Å². The fourth-order valence-corrected chi connectivity index (χ4v) is 1.68. The van der Waals surface area contributed by atoms with Crippen LogP contribution in [-0.4, -0.2) is 9.97 Å². The van der Waals surface area contributed by atoms with Crippen molar-refractivity contribution in [3.8, 4) is 0 Å². The molecule has 0 saturated heterocycles. The number of fused-ring (bicyclic) bond motifs is 1. The molecule has 0 aromatic carbocycles. The van der Waals surface area contributed by atoms with Gasteiger partial charge in [0.1, 0.15) is 0 Å².